The second kappa shape index (κ2) is 6.47. The van der Waals surface area contributed by atoms with Crippen LogP contribution in [0, 0.1) is 0 Å². The van der Waals surface area contributed by atoms with Gasteiger partial charge in [0, 0.05) is 12.7 Å². The number of aromatic nitrogens is 2. The molecule has 1 aromatic heterocycles. The zero-order valence-corrected chi connectivity index (χ0v) is 10.8. The Labute approximate surface area is 104 Å². The van der Waals surface area contributed by atoms with Gasteiger partial charge in [-0.05, 0) is 19.5 Å². The number of H-pyrrole nitrogens is 2. The molecule has 1 heterocycles. The largest absolute Gasteiger partial charge is 0.325 e. The minimum atomic E-state index is -3.89. The van der Waals surface area contributed by atoms with E-state index in [1.54, 1.807) is 0 Å². The third-order valence-corrected chi connectivity index (χ3v) is 3.61. The van der Waals surface area contributed by atoms with Gasteiger partial charge in [0.05, 0.1) is 0 Å². The van der Waals surface area contributed by atoms with Crippen molar-refractivity contribution in [3.8, 4) is 0 Å². The van der Waals surface area contributed by atoms with Crippen LogP contribution in [-0.2, 0) is 10.0 Å². The second-order valence-corrected chi connectivity index (χ2v) is 5.28. The summed E-state index contributed by atoms with van der Waals surface area (Å²) in [6.45, 7) is 3.66. The van der Waals surface area contributed by atoms with Crippen molar-refractivity contribution in [2.24, 2.45) is 0 Å². The van der Waals surface area contributed by atoms with Crippen LogP contribution in [0.1, 0.15) is 13.3 Å². The molecule has 1 aromatic rings. The summed E-state index contributed by atoms with van der Waals surface area (Å²) >= 11 is 0. The van der Waals surface area contributed by atoms with E-state index in [4.69, 9.17) is 0 Å². The zero-order chi connectivity index (χ0) is 13.6. The quantitative estimate of drug-likeness (QED) is 0.444. The van der Waals surface area contributed by atoms with Crippen LogP contribution >= 0.6 is 0 Å². The molecule has 0 fully saturated rings. The number of sulfonamides is 1. The lowest BCUT2D eigenvalue weighted by atomic mass is 10.4. The van der Waals surface area contributed by atoms with Gasteiger partial charge in [0.2, 0.25) is 10.0 Å². The number of nitrogens with one attached hydrogen (secondary N) is 4. The van der Waals surface area contributed by atoms with Crippen LogP contribution in [0.5, 0.6) is 0 Å². The fourth-order valence-corrected chi connectivity index (χ4v) is 2.35. The molecule has 0 aliphatic heterocycles. The minimum absolute atomic E-state index is 0.216. The fraction of sp³-hybridized carbons (Fsp3) is 0.556. The SMILES string of the molecule is CCNCCCNS(=O)(=O)c1c[nH]c(=O)[nH]c1=O. The van der Waals surface area contributed by atoms with E-state index in [-0.39, 0.29) is 6.54 Å². The summed E-state index contributed by atoms with van der Waals surface area (Å²) in [5.74, 6) is 0. The lowest BCUT2D eigenvalue weighted by molar-refractivity contribution is 0.573. The predicted octanol–water partition coefficient (Wildman–Crippen LogP) is -1.66. The predicted molar refractivity (Wildman–Crippen MR) is 66.0 cm³/mol. The van der Waals surface area contributed by atoms with Crippen molar-refractivity contribution in [3.05, 3.63) is 27.0 Å². The number of hydrogen-bond acceptors (Lipinski definition) is 5. The van der Waals surface area contributed by atoms with Crippen molar-refractivity contribution in [1.82, 2.24) is 20.0 Å². The Morgan fingerprint density at radius 1 is 1.28 bits per heavy atom. The van der Waals surface area contributed by atoms with E-state index >= 15 is 0 Å². The topological polar surface area (TPSA) is 124 Å². The van der Waals surface area contributed by atoms with E-state index in [1.165, 1.54) is 0 Å². The average molecular weight is 276 g/mol. The molecule has 0 aliphatic rings. The Bertz CT molecular complexity index is 589. The molecule has 0 saturated heterocycles. The summed E-state index contributed by atoms with van der Waals surface area (Å²) in [5, 5.41) is 3.04. The third-order valence-electron chi connectivity index (χ3n) is 2.15. The van der Waals surface area contributed by atoms with Crippen LogP contribution in [0.3, 0.4) is 0 Å². The highest BCUT2D eigenvalue weighted by Crippen LogP contribution is 1.97. The maximum Gasteiger partial charge on any atom is 0.325 e. The lowest BCUT2D eigenvalue weighted by Crippen LogP contribution is -2.34. The van der Waals surface area contributed by atoms with Gasteiger partial charge in [0.1, 0.15) is 0 Å². The van der Waals surface area contributed by atoms with Gasteiger partial charge >= 0.3 is 5.69 Å². The number of aromatic amines is 2. The van der Waals surface area contributed by atoms with Crippen molar-refractivity contribution in [2.75, 3.05) is 19.6 Å². The van der Waals surface area contributed by atoms with Crippen LogP contribution in [-0.4, -0.2) is 38.0 Å². The molecular formula is C9H16N4O4S. The average Bonchev–Trinajstić information content (AvgIpc) is 2.28. The molecule has 0 aliphatic carbocycles. The maximum absolute atomic E-state index is 11.7. The number of hydrogen-bond donors (Lipinski definition) is 4. The van der Waals surface area contributed by atoms with Gasteiger partial charge < -0.3 is 10.3 Å². The molecule has 18 heavy (non-hydrogen) atoms. The molecule has 0 bridgehead atoms. The van der Waals surface area contributed by atoms with Gasteiger partial charge in [-0.25, -0.2) is 17.9 Å². The van der Waals surface area contributed by atoms with Gasteiger partial charge in [-0.15, -0.1) is 0 Å². The monoisotopic (exact) mass is 276 g/mol. The van der Waals surface area contributed by atoms with E-state index < -0.39 is 26.2 Å². The molecule has 0 radical (unpaired) electrons. The first-order valence-corrected chi connectivity index (χ1v) is 6.98. The molecule has 0 atom stereocenters. The summed E-state index contributed by atoms with van der Waals surface area (Å²) < 4.78 is 25.7. The number of rotatable bonds is 7. The Morgan fingerprint density at radius 3 is 2.61 bits per heavy atom. The Kier molecular flexibility index (Phi) is 5.25. The maximum atomic E-state index is 11.7. The van der Waals surface area contributed by atoms with Crippen molar-refractivity contribution < 1.29 is 8.42 Å². The third kappa shape index (κ3) is 4.09. The van der Waals surface area contributed by atoms with E-state index in [1.807, 2.05) is 11.9 Å². The van der Waals surface area contributed by atoms with Crippen LogP contribution in [0.15, 0.2) is 20.7 Å². The van der Waals surface area contributed by atoms with Gasteiger partial charge in [0.25, 0.3) is 5.56 Å². The fourth-order valence-electron chi connectivity index (χ4n) is 1.27. The van der Waals surface area contributed by atoms with Gasteiger partial charge in [-0.2, -0.15) is 0 Å². The highest BCUT2D eigenvalue weighted by atomic mass is 32.2. The summed E-state index contributed by atoms with van der Waals surface area (Å²) in [7, 11) is -3.89. The van der Waals surface area contributed by atoms with Crippen LogP contribution in [0.2, 0.25) is 0 Å². The molecule has 0 spiro atoms. The molecule has 102 valence electrons. The van der Waals surface area contributed by atoms with Gasteiger partial charge in [-0.1, -0.05) is 6.92 Å². The second-order valence-electron chi connectivity index (χ2n) is 3.54. The molecule has 0 saturated carbocycles. The molecule has 1 rings (SSSR count). The summed E-state index contributed by atoms with van der Waals surface area (Å²) in [6.07, 6.45) is 1.49. The van der Waals surface area contributed by atoms with Crippen molar-refractivity contribution in [2.45, 2.75) is 18.2 Å². The molecular weight excluding hydrogens is 260 g/mol. The minimum Gasteiger partial charge on any atom is -0.317 e. The van der Waals surface area contributed by atoms with Crippen LogP contribution < -0.4 is 21.3 Å². The van der Waals surface area contributed by atoms with Gasteiger partial charge in [-0.3, -0.25) is 9.78 Å². The molecule has 0 unspecified atom stereocenters. The van der Waals surface area contributed by atoms with Crippen LogP contribution in [0.25, 0.3) is 0 Å². The van der Waals surface area contributed by atoms with E-state index in [0.29, 0.717) is 13.0 Å². The standard InChI is InChI=1S/C9H16N4O4S/c1-2-10-4-3-5-12-18(16,17)7-6-11-9(15)13-8(7)14/h6,10,12H,2-5H2,1H3,(H2,11,13,14,15). The Balaban J connectivity index is 2.69. The van der Waals surface area contributed by atoms with Crippen molar-refractivity contribution in [1.29, 1.82) is 0 Å². The molecule has 9 heteroatoms. The molecule has 4 N–H and O–H groups in total. The van der Waals surface area contributed by atoms with Gasteiger partial charge in [0.15, 0.2) is 4.90 Å². The van der Waals surface area contributed by atoms with Crippen molar-refractivity contribution in [3.63, 3.8) is 0 Å². The van der Waals surface area contributed by atoms with Crippen molar-refractivity contribution >= 4 is 10.0 Å². The Hall–Kier alpha value is -1.45. The van der Waals surface area contributed by atoms with E-state index in [0.717, 1.165) is 12.7 Å². The smallest absolute Gasteiger partial charge is 0.317 e. The highest BCUT2D eigenvalue weighted by Gasteiger charge is 2.17. The summed E-state index contributed by atoms with van der Waals surface area (Å²) in [4.78, 5) is 25.6. The normalized spacial score (nSPS) is 11.6. The molecule has 8 nitrogen and oxygen atoms in total. The molecule has 0 amide bonds. The van der Waals surface area contributed by atoms with E-state index in [9.17, 15) is 18.0 Å². The summed E-state index contributed by atoms with van der Waals surface area (Å²) in [6, 6.07) is 0. The van der Waals surface area contributed by atoms with E-state index in [2.05, 4.69) is 15.0 Å². The Morgan fingerprint density at radius 2 is 2.00 bits per heavy atom. The summed E-state index contributed by atoms with van der Waals surface area (Å²) in [5.41, 5.74) is -1.68. The first-order chi connectivity index (χ1) is 8.47. The lowest BCUT2D eigenvalue weighted by Gasteiger charge is -2.05. The zero-order valence-electron chi connectivity index (χ0n) is 9.95. The highest BCUT2D eigenvalue weighted by molar-refractivity contribution is 7.89. The first-order valence-electron chi connectivity index (χ1n) is 5.49. The molecule has 0 aromatic carbocycles. The first kappa shape index (κ1) is 14.6. The van der Waals surface area contributed by atoms with Crippen LogP contribution in [0.4, 0.5) is 0 Å².